The minimum Gasteiger partial charge on any atom is -0.393 e. The van der Waals surface area contributed by atoms with Crippen molar-refractivity contribution >= 4 is 0 Å². The van der Waals surface area contributed by atoms with Gasteiger partial charge in [0, 0.05) is 6.54 Å². The van der Waals surface area contributed by atoms with Crippen molar-refractivity contribution in [2.24, 2.45) is 5.92 Å². The van der Waals surface area contributed by atoms with Gasteiger partial charge in [0.25, 0.3) is 0 Å². The third kappa shape index (κ3) is 4.56. The molecule has 3 nitrogen and oxygen atoms in total. The van der Waals surface area contributed by atoms with Crippen molar-refractivity contribution in [3.05, 3.63) is 35.6 Å². The molecule has 1 fully saturated rings. The molecule has 3 atom stereocenters. The van der Waals surface area contributed by atoms with Gasteiger partial charge in [-0.3, -0.25) is 0 Å². The van der Waals surface area contributed by atoms with E-state index in [-0.39, 0.29) is 11.9 Å². The number of halogens is 1. The highest BCUT2D eigenvalue weighted by atomic mass is 19.1. The molecule has 1 aromatic carbocycles. The first-order valence-corrected chi connectivity index (χ1v) is 6.97. The average molecular weight is 267 g/mol. The van der Waals surface area contributed by atoms with Crippen LogP contribution in [0.5, 0.6) is 0 Å². The minimum atomic E-state index is -0.617. The molecule has 1 saturated carbocycles. The molecule has 4 heteroatoms. The molecule has 0 heterocycles. The lowest BCUT2D eigenvalue weighted by Gasteiger charge is -2.26. The monoisotopic (exact) mass is 267 g/mol. The Kier molecular flexibility index (Phi) is 5.31. The summed E-state index contributed by atoms with van der Waals surface area (Å²) in [4.78, 5) is 0. The van der Waals surface area contributed by atoms with E-state index in [0.717, 1.165) is 37.8 Å². The molecular formula is C15H22FNO2. The fourth-order valence-corrected chi connectivity index (χ4v) is 2.67. The summed E-state index contributed by atoms with van der Waals surface area (Å²) in [6.45, 7) is 1.27. The van der Waals surface area contributed by atoms with Crippen LogP contribution in [0.2, 0.25) is 0 Å². The number of nitrogens with one attached hydrogen (secondary N) is 1. The molecule has 1 aromatic rings. The van der Waals surface area contributed by atoms with E-state index in [1.165, 1.54) is 12.1 Å². The third-order valence-corrected chi connectivity index (χ3v) is 3.78. The Balaban J connectivity index is 1.71. The van der Waals surface area contributed by atoms with E-state index in [1.807, 2.05) is 0 Å². The van der Waals surface area contributed by atoms with E-state index in [9.17, 15) is 14.6 Å². The first kappa shape index (κ1) is 14.4. The van der Waals surface area contributed by atoms with Gasteiger partial charge in [-0.05, 0) is 49.4 Å². The lowest BCUT2D eigenvalue weighted by Crippen LogP contribution is -2.31. The summed E-state index contributed by atoms with van der Waals surface area (Å²) in [6.07, 6.45) is 3.19. The summed E-state index contributed by atoms with van der Waals surface area (Å²) in [5, 5.41) is 22.8. The van der Waals surface area contributed by atoms with E-state index < -0.39 is 6.10 Å². The van der Waals surface area contributed by atoms with E-state index >= 15 is 0 Å². The van der Waals surface area contributed by atoms with Crippen LogP contribution in [0, 0.1) is 11.7 Å². The lowest BCUT2D eigenvalue weighted by atomic mass is 9.87. The van der Waals surface area contributed by atoms with Crippen molar-refractivity contribution < 1.29 is 14.6 Å². The molecule has 2 rings (SSSR count). The molecule has 3 unspecified atom stereocenters. The zero-order valence-electron chi connectivity index (χ0n) is 11.1. The second kappa shape index (κ2) is 6.98. The maximum Gasteiger partial charge on any atom is 0.123 e. The summed E-state index contributed by atoms with van der Waals surface area (Å²) < 4.78 is 12.8. The van der Waals surface area contributed by atoms with E-state index in [1.54, 1.807) is 12.1 Å². The summed E-state index contributed by atoms with van der Waals surface area (Å²) in [5.74, 6) is 0.198. The maximum atomic E-state index is 12.8. The van der Waals surface area contributed by atoms with Gasteiger partial charge < -0.3 is 15.5 Å². The SMILES string of the molecule is OC1CCCC(CNCC(O)c2ccc(F)cc2)C1. The number of aliphatic hydroxyl groups is 2. The average Bonchev–Trinajstić information content (AvgIpc) is 2.39. The quantitative estimate of drug-likeness (QED) is 0.765. The molecule has 1 aliphatic carbocycles. The highest BCUT2D eigenvalue weighted by molar-refractivity contribution is 5.18. The smallest absolute Gasteiger partial charge is 0.123 e. The van der Waals surface area contributed by atoms with Crippen LogP contribution in [-0.2, 0) is 0 Å². The van der Waals surface area contributed by atoms with Gasteiger partial charge in [-0.25, -0.2) is 4.39 Å². The predicted molar refractivity (Wildman–Crippen MR) is 72.2 cm³/mol. The van der Waals surface area contributed by atoms with Gasteiger partial charge >= 0.3 is 0 Å². The fourth-order valence-electron chi connectivity index (χ4n) is 2.67. The number of benzene rings is 1. The van der Waals surface area contributed by atoms with Crippen LogP contribution in [0.3, 0.4) is 0 Å². The van der Waals surface area contributed by atoms with Gasteiger partial charge in [0.2, 0.25) is 0 Å². The third-order valence-electron chi connectivity index (χ3n) is 3.78. The van der Waals surface area contributed by atoms with Gasteiger partial charge in [-0.15, -0.1) is 0 Å². The zero-order valence-corrected chi connectivity index (χ0v) is 11.1. The largest absolute Gasteiger partial charge is 0.393 e. The highest BCUT2D eigenvalue weighted by Gasteiger charge is 2.19. The van der Waals surface area contributed by atoms with Crippen LogP contribution >= 0.6 is 0 Å². The Morgan fingerprint density at radius 3 is 2.68 bits per heavy atom. The first-order chi connectivity index (χ1) is 9.15. The standard InChI is InChI=1S/C15H22FNO2/c16-13-6-4-12(5-7-13)15(19)10-17-9-11-2-1-3-14(18)8-11/h4-7,11,14-15,17-19H,1-3,8-10H2. The van der Waals surface area contributed by atoms with Crippen molar-refractivity contribution in [3.63, 3.8) is 0 Å². The molecule has 0 radical (unpaired) electrons. The first-order valence-electron chi connectivity index (χ1n) is 6.97. The Morgan fingerprint density at radius 2 is 2.00 bits per heavy atom. The van der Waals surface area contributed by atoms with Gasteiger partial charge in [0.05, 0.1) is 12.2 Å². The van der Waals surface area contributed by atoms with Crippen molar-refractivity contribution in [3.8, 4) is 0 Å². The normalized spacial score (nSPS) is 25.2. The van der Waals surface area contributed by atoms with Crippen molar-refractivity contribution in [2.75, 3.05) is 13.1 Å². The number of hydrogen-bond donors (Lipinski definition) is 3. The number of hydrogen-bond acceptors (Lipinski definition) is 3. The summed E-state index contributed by atoms with van der Waals surface area (Å²) in [5.41, 5.74) is 0.720. The molecule has 0 amide bonds. The second-order valence-corrected chi connectivity index (χ2v) is 5.41. The summed E-state index contributed by atoms with van der Waals surface area (Å²) >= 11 is 0. The Labute approximate surface area is 113 Å². The van der Waals surface area contributed by atoms with Crippen LogP contribution in [0.25, 0.3) is 0 Å². The molecule has 0 aliphatic heterocycles. The van der Waals surface area contributed by atoms with Crippen LogP contribution < -0.4 is 5.32 Å². The summed E-state index contributed by atoms with van der Waals surface area (Å²) in [6, 6.07) is 5.92. The Bertz CT molecular complexity index is 382. The minimum absolute atomic E-state index is 0.164. The van der Waals surface area contributed by atoms with Crippen molar-refractivity contribution in [1.29, 1.82) is 0 Å². The van der Waals surface area contributed by atoms with E-state index in [2.05, 4.69) is 5.32 Å². The lowest BCUT2D eigenvalue weighted by molar-refractivity contribution is 0.0983. The molecule has 0 aromatic heterocycles. The number of rotatable bonds is 5. The maximum absolute atomic E-state index is 12.8. The Morgan fingerprint density at radius 1 is 1.26 bits per heavy atom. The molecule has 19 heavy (non-hydrogen) atoms. The van der Waals surface area contributed by atoms with Gasteiger partial charge in [-0.1, -0.05) is 18.6 Å². The topological polar surface area (TPSA) is 52.5 Å². The molecule has 106 valence electrons. The van der Waals surface area contributed by atoms with Crippen LogP contribution in [-0.4, -0.2) is 29.4 Å². The molecule has 0 spiro atoms. The van der Waals surface area contributed by atoms with Gasteiger partial charge in [0.1, 0.15) is 5.82 Å². The van der Waals surface area contributed by atoms with Gasteiger partial charge in [-0.2, -0.15) is 0 Å². The molecule has 0 saturated heterocycles. The molecule has 1 aliphatic rings. The predicted octanol–water partition coefficient (Wildman–Crippen LogP) is 2.00. The van der Waals surface area contributed by atoms with Gasteiger partial charge in [0.15, 0.2) is 0 Å². The van der Waals surface area contributed by atoms with Crippen molar-refractivity contribution in [2.45, 2.75) is 37.9 Å². The fraction of sp³-hybridized carbons (Fsp3) is 0.600. The van der Waals surface area contributed by atoms with E-state index in [4.69, 9.17) is 0 Å². The second-order valence-electron chi connectivity index (χ2n) is 5.41. The van der Waals surface area contributed by atoms with Crippen LogP contribution in [0.1, 0.15) is 37.4 Å². The van der Waals surface area contributed by atoms with E-state index in [0.29, 0.717) is 12.5 Å². The Hall–Kier alpha value is -0.970. The zero-order chi connectivity index (χ0) is 13.7. The molecular weight excluding hydrogens is 245 g/mol. The van der Waals surface area contributed by atoms with Crippen LogP contribution in [0.4, 0.5) is 4.39 Å². The van der Waals surface area contributed by atoms with Crippen LogP contribution in [0.15, 0.2) is 24.3 Å². The number of aliphatic hydroxyl groups excluding tert-OH is 2. The highest BCUT2D eigenvalue weighted by Crippen LogP contribution is 2.23. The molecule has 0 bridgehead atoms. The molecule has 3 N–H and O–H groups in total. The van der Waals surface area contributed by atoms with Crippen molar-refractivity contribution in [1.82, 2.24) is 5.32 Å². The summed E-state index contributed by atoms with van der Waals surface area (Å²) in [7, 11) is 0.